The van der Waals surface area contributed by atoms with Crippen LogP contribution in [0.1, 0.15) is 13.3 Å². The molecule has 0 aliphatic carbocycles. The molecule has 54 valence electrons. The second kappa shape index (κ2) is 3.56. The first-order valence-corrected chi connectivity index (χ1v) is 4.17. The van der Waals surface area contributed by atoms with Gasteiger partial charge in [0.15, 0.2) is 0 Å². The lowest BCUT2D eigenvalue weighted by atomic mass is 10.3. The summed E-state index contributed by atoms with van der Waals surface area (Å²) in [5, 5.41) is 4.71. The van der Waals surface area contributed by atoms with Gasteiger partial charge in [0.2, 0.25) is 0 Å². The summed E-state index contributed by atoms with van der Waals surface area (Å²) >= 11 is 1.65. The zero-order valence-electron chi connectivity index (χ0n) is 5.87. The highest BCUT2D eigenvalue weighted by Gasteiger charge is 2.08. The lowest BCUT2D eigenvalue weighted by Gasteiger charge is -2.11. The van der Waals surface area contributed by atoms with Gasteiger partial charge in [-0.05, 0) is 12.5 Å². The standard InChI is InChI=1S/C7H10N2S/c1-2-6-4-3-5-7(9-8)10-6/h3-6,8H,2H2,1H3. The third kappa shape index (κ3) is 1.70. The fourth-order valence-corrected chi connectivity index (χ4v) is 1.63. The molecule has 1 atom stereocenters. The van der Waals surface area contributed by atoms with Crippen molar-refractivity contribution in [3.63, 3.8) is 0 Å². The van der Waals surface area contributed by atoms with Gasteiger partial charge >= 0.3 is 0 Å². The van der Waals surface area contributed by atoms with Crippen LogP contribution >= 0.6 is 11.8 Å². The molecular formula is C7H10N2S. The predicted octanol–water partition coefficient (Wildman–Crippen LogP) is 2.94. The highest BCUT2D eigenvalue weighted by Crippen LogP contribution is 2.28. The maximum Gasteiger partial charge on any atom is 0.119 e. The van der Waals surface area contributed by atoms with Crippen LogP contribution in [0.15, 0.2) is 28.4 Å². The Hall–Kier alpha value is -0.570. The summed E-state index contributed by atoms with van der Waals surface area (Å²) in [5.74, 6) is 0. The SMILES string of the molecule is CCC1C=CC=C(N=N)S1. The average Bonchev–Trinajstić information content (AvgIpc) is 2.05. The quantitative estimate of drug-likeness (QED) is 0.610. The molecule has 1 aliphatic heterocycles. The van der Waals surface area contributed by atoms with E-state index >= 15 is 0 Å². The van der Waals surface area contributed by atoms with E-state index in [1.54, 1.807) is 11.8 Å². The molecule has 0 radical (unpaired) electrons. The van der Waals surface area contributed by atoms with Gasteiger partial charge < -0.3 is 0 Å². The minimum Gasteiger partial charge on any atom is -0.204 e. The van der Waals surface area contributed by atoms with Crippen molar-refractivity contribution in [1.29, 1.82) is 5.53 Å². The van der Waals surface area contributed by atoms with E-state index in [9.17, 15) is 0 Å². The lowest BCUT2D eigenvalue weighted by Crippen LogP contribution is -1.97. The summed E-state index contributed by atoms with van der Waals surface area (Å²) in [6.07, 6.45) is 7.08. The molecule has 10 heavy (non-hydrogen) atoms. The molecule has 0 aromatic carbocycles. The number of nitrogens with one attached hydrogen (secondary N) is 1. The van der Waals surface area contributed by atoms with E-state index in [1.165, 1.54) is 0 Å². The maximum atomic E-state index is 6.76. The van der Waals surface area contributed by atoms with Crippen LogP contribution in [0.4, 0.5) is 0 Å². The van der Waals surface area contributed by atoms with Crippen LogP contribution in [-0.4, -0.2) is 5.25 Å². The van der Waals surface area contributed by atoms with Gasteiger partial charge in [0, 0.05) is 5.25 Å². The number of hydrogen-bond donors (Lipinski definition) is 1. The third-order valence-electron chi connectivity index (χ3n) is 1.35. The van der Waals surface area contributed by atoms with Gasteiger partial charge in [-0.15, -0.1) is 0 Å². The zero-order valence-corrected chi connectivity index (χ0v) is 6.69. The summed E-state index contributed by atoms with van der Waals surface area (Å²) in [4.78, 5) is 0. The molecule has 0 aromatic heterocycles. The second-order valence-electron chi connectivity index (χ2n) is 2.07. The van der Waals surface area contributed by atoms with Gasteiger partial charge in [-0.3, -0.25) is 0 Å². The molecule has 0 saturated heterocycles. The Morgan fingerprint density at radius 2 is 2.60 bits per heavy atom. The molecule has 1 unspecified atom stereocenters. The highest BCUT2D eigenvalue weighted by molar-refractivity contribution is 8.03. The molecule has 0 amide bonds. The maximum absolute atomic E-state index is 6.76. The first kappa shape index (κ1) is 7.54. The molecule has 0 bridgehead atoms. The lowest BCUT2D eigenvalue weighted by molar-refractivity contribution is 0.972. The van der Waals surface area contributed by atoms with E-state index in [0.717, 1.165) is 11.4 Å². The topological polar surface area (TPSA) is 36.2 Å². The summed E-state index contributed by atoms with van der Waals surface area (Å²) in [6, 6.07) is 0. The molecule has 2 nitrogen and oxygen atoms in total. The largest absolute Gasteiger partial charge is 0.204 e. The molecule has 3 heteroatoms. The van der Waals surface area contributed by atoms with Crippen LogP contribution in [0, 0.1) is 5.53 Å². The van der Waals surface area contributed by atoms with Gasteiger partial charge in [-0.2, -0.15) is 5.11 Å². The predicted molar refractivity (Wildman–Crippen MR) is 44.0 cm³/mol. The van der Waals surface area contributed by atoms with Crippen molar-refractivity contribution in [1.82, 2.24) is 0 Å². The molecule has 1 N–H and O–H groups in total. The summed E-state index contributed by atoms with van der Waals surface area (Å²) < 4.78 is 0. The molecule has 0 spiro atoms. The Morgan fingerprint density at radius 3 is 3.20 bits per heavy atom. The van der Waals surface area contributed by atoms with Gasteiger partial charge in [0.25, 0.3) is 0 Å². The van der Waals surface area contributed by atoms with Crippen LogP contribution in [0.5, 0.6) is 0 Å². The van der Waals surface area contributed by atoms with Gasteiger partial charge in [0.05, 0.1) is 0 Å². The van der Waals surface area contributed by atoms with Crippen molar-refractivity contribution in [3.05, 3.63) is 23.3 Å². The minimum absolute atomic E-state index is 0.522. The second-order valence-corrected chi connectivity index (χ2v) is 3.33. The minimum atomic E-state index is 0.522. The Kier molecular flexibility index (Phi) is 2.68. The van der Waals surface area contributed by atoms with Crippen LogP contribution in [-0.2, 0) is 0 Å². The molecule has 1 heterocycles. The van der Waals surface area contributed by atoms with Crippen LogP contribution < -0.4 is 0 Å². The van der Waals surface area contributed by atoms with Crippen LogP contribution in [0.25, 0.3) is 0 Å². The first-order chi connectivity index (χ1) is 4.86. The number of rotatable bonds is 2. The van der Waals surface area contributed by atoms with E-state index in [0.29, 0.717) is 5.25 Å². The number of thioether (sulfide) groups is 1. The molecule has 1 aliphatic rings. The summed E-state index contributed by atoms with van der Waals surface area (Å²) in [5.41, 5.74) is 6.76. The van der Waals surface area contributed by atoms with Crippen molar-refractivity contribution < 1.29 is 0 Å². The Labute approximate surface area is 64.9 Å². The molecule has 0 aromatic rings. The molecule has 0 saturated carbocycles. The summed E-state index contributed by atoms with van der Waals surface area (Å²) in [7, 11) is 0. The number of allylic oxidation sites excluding steroid dienone is 2. The fourth-order valence-electron chi connectivity index (χ4n) is 0.778. The van der Waals surface area contributed by atoms with Crippen LogP contribution in [0.2, 0.25) is 0 Å². The zero-order chi connectivity index (χ0) is 7.40. The van der Waals surface area contributed by atoms with E-state index in [2.05, 4.69) is 18.1 Å². The molecular weight excluding hydrogens is 144 g/mol. The van der Waals surface area contributed by atoms with E-state index in [-0.39, 0.29) is 0 Å². The van der Waals surface area contributed by atoms with Crippen molar-refractivity contribution >= 4 is 11.8 Å². The Morgan fingerprint density at radius 1 is 1.80 bits per heavy atom. The van der Waals surface area contributed by atoms with Crippen molar-refractivity contribution in [2.45, 2.75) is 18.6 Å². The van der Waals surface area contributed by atoms with Crippen molar-refractivity contribution in [2.24, 2.45) is 5.11 Å². The molecule has 0 fully saturated rings. The number of hydrogen-bond acceptors (Lipinski definition) is 3. The van der Waals surface area contributed by atoms with Gasteiger partial charge in [-0.25, -0.2) is 5.53 Å². The monoisotopic (exact) mass is 154 g/mol. The Bertz CT molecular complexity index is 184. The molecule has 1 rings (SSSR count). The smallest absolute Gasteiger partial charge is 0.119 e. The van der Waals surface area contributed by atoms with Gasteiger partial charge in [-0.1, -0.05) is 30.8 Å². The Balaban J connectivity index is 2.58. The third-order valence-corrected chi connectivity index (χ3v) is 2.61. The van der Waals surface area contributed by atoms with E-state index in [4.69, 9.17) is 5.53 Å². The average molecular weight is 154 g/mol. The fraction of sp³-hybridized carbons (Fsp3) is 0.429. The normalized spacial score (nSPS) is 24.1. The van der Waals surface area contributed by atoms with Gasteiger partial charge in [0.1, 0.15) is 5.03 Å². The highest BCUT2D eigenvalue weighted by atomic mass is 32.2. The van der Waals surface area contributed by atoms with Crippen molar-refractivity contribution in [2.75, 3.05) is 0 Å². The van der Waals surface area contributed by atoms with Crippen molar-refractivity contribution in [3.8, 4) is 0 Å². The summed E-state index contributed by atoms with van der Waals surface area (Å²) in [6.45, 7) is 2.13. The number of nitrogens with zero attached hydrogens (tertiary/aromatic N) is 1. The van der Waals surface area contributed by atoms with E-state index in [1.807, 2.05) is 12.2 Å². The van der Waals surface area contributed by atoms with E-state index < -0.39 is 0 Å². The van der Waals surface area contributed by atoms with Crippen LogP contribution in [0.3, 0.4) is 0 Å². The first-order valence-electron chi connectivity index (χ1n) is 3.29.